The number of carbonyl (C=O) groups excluding carboxylic acids is 2. The van der Waals surface area contributed by atoms with E-state index in [9.17, 15) is 35.9 Å². The number of amides is 2. The van der Waals surface area contributed by atoms with Gasteiger partial charge in [0.15, 0.2) is 11.5 Å². The van der Waals surface area contributed by atoms with Crippen LogP contribution in [0.5, 0.6) is 11.5 Å². The number of nitrogens with zero attached hydrogens (tertiary/aromatic N) is 1. The maximum Gasteiger partial charge on any atom is 0.490 e. The summed E-state index contributed by atoms with van der Waals surface area (Å²) in [4.78, 5) is 47.5. The van der Waals surface area contributed by atoms with Crippen molar-refractivity contribution >= 4 is 46.0 Å². The van der Waals surface area contributed by atoms with Crippen LogP contribution < -0.4 is 31.6 Å². The number of hydrogen-bond donors (Lipinski definition) is 6. The summed E-state index contributed by atoms with van der Waals surface area (Å²) in [6.45, 7) is 7.15. The van der Waals surface area contributed by atoms with E-state index in [1.54, 1.807) is 6.07 Å². The maximum absolute atomic E-state index is 12.8. The van der Waals surface area contributed by atoms with Crippen molar-refractivity contribution in [3.8, 4) is 11.5 Å². The van der Waals surface area contributed by atoms with Crippen LogP contribution in [0, 0.1) is 5.92 Å². The van der Waals surface area contributed by atoms with Gasteiger partial charge in [-0.3, -0.25) is 14.6 Å². The predicted octanol–water partition coefficient (Wildman–Crippen LogP) is 5.84. The van der Waals surface area contributed by atoms with Crippen LogP contribution in [-0.2, 0) is 27.3 Å². The number of aliphatic carboxylic acids is 2. The number of ether oxygens (including phenoxy) is 2. The number of fused-ring (bicyclic) bond motifs is 1. The van der Waals surface area contributed by atoms with E-state index >= 15 is 0 Å². The molecule has 2 aromatic carbocycles. The molecule has 0 radical (unpaired) electrons. The molecule has 1 saturated carbocycles. The minimum atomic E-state index is -5.08. The van der Waals surface area contributed by atoms with Gasteiger partial charge in [0.05, 0.1) is 36.0 Å². The summed E-state index contributed by atoms with van der Waals surface area (Å²) in [7, 11) is 0. The zero-order valence-corrected chi connectivity index (χ0v) is 29.0. The molecular weight excluding hydrogens is 720 g/mol. The number of nitrogens with one attached hydrogen (secondary N) is 2. The van der Waals surface area contributed by atoms with Crippen molar-refractivity contribution in [1.82, 2.24) is 10.3 Å². The molecule has 1 atom stereocenters. The number of primary amides is 1. The molecular formula is C34H41F6N5O8. The van der Waals surface area contributed by atoms with Crippen LogP contribution in [0.2, 0.25) is 0 Å². The molecule has 13 nitrogen and oxygen atoms in total. The van der Waals surface area contributed by atoms with E-state index in [1.165, 1.54) is 6.20 Å². The highest BCUT2D eigenvalue weighted by atomic mass is 19.4. The number of rotatable bonds is 12. The third kappa shape index (κ3) is 12.7. The van der Waals surface area contributed by atoms with E-state index in [-0.39, 0.29) is 17.4 Å². The number of carboxylic acids is 2. The van der Waals surface area contributed by atoms with Gasteiger partial charge in [0.1, 0.15) is 0 Å². The maximum atomic E-state index is 12.8. The predicted molar refractivity (Wildman–Crippen MR) is 181 cm³/mol. The second kappa shape index (κ2) is 19.5. The molecule has 4 rings (SSSR count). The van der Waals surface area contributed by atoms with E-state index < -0.39 is 36.2 Å². The van der Waals surface area contributed by atoms with Gasteiger partial charge in [-0.2, -0.15) is 26.3 Å². The molecule has 0 saturated heterocycles. The number of carbonyl (C=O) groups is 4. The second-order valence-electron chi connectivity index (χ2n) is 11.4. The molecule has 1 aliphatic rings. The molecule has 292 valence electrons. The Morgan fingerprint density at radius 2 is 1.45 bits per heavy atom. The van der Waals surface area contributed by atoms with Crippen molar-refractivity contribution < 1.29 is 65.2 Å². The van der Waals surface area contributed by atoms with Crippen molar-refractivity contribution in [2.24, 2.45) is 17.4 Å². The smallest absolute Gasteiger partial charge is 0.490 e. The summed E-state index contributed by atoms with van der Waals surface area (Å²) in [5.41, 5.74) is 16.3. The molecule has 0 spiro atoms. The van der Waals surface area contributed by atoms with Crippen LogP contribution in [0.25, 0.3) is 10.9 Å². The van der Waals surface area contributed by atoms with Crippen LogP contribution in [0.3, 0.4) is 0 Å². The van der Waals surface area contributed by atoms with Gasteiger partial charge in [-0.25, -0.2) is 9.59 Å². The van der Waals surface area contributed by atoms with Crippen LogP contribution >= 0.6 is 0 Å². The molecule has 0 unspecified atom stereocenters. The topological polar surface area (TPSA) is 216 Å². The monoisotopic (exact) mass is 761 g/mol. The fraction of sp³-hybridized carbons (Fsp3) is 0.441. The summed E-state index contributed by atoms with van der Waals surface area (Å²) >= 11 is 0. The van der Waals surface area contributed by atoms with E-state index in [0.29, 0.717) is 54.3 Å². The van der Waals surface area contributed by atoms with Gasteiger partial charge in [-0.05, 0) is 62.3 Å². The summed E-state index contributed by atoms with van der Waals surface area (Å²) in [6.07, 6.45) is -3.70. The lowest BCUT2D eigenvalue weighted by molar-refractivity contribution is -0.193. The van der Waals surface area contributed by atoms with Gasteiger partial charge in [-0.1, -0.05) is 31.9 Å². The van der Waals surface area contributed by atoms with Crippen molar-refractivity contribution in [1.29, 1.82) is 0 Å². The zero-order chi connectivity index (χ0) is 40.1. The third-order valence-corrected chi connectivity index (χ3v) is 7.83. The van der Waals surface area contributed by atoms with Crippen LogP contribution in [0.1, 0.15) is 67.9 Å². The number of anilines is 2. The van der Waals surface area contributed by atoms with Crippen molar-refractivity contribution in [3.05, 3.63) is 53.2 Å². The average Bonchev–Trinajstić information content (AvgIpc) is 3.62. The van der Waals surface area contributed by atoms with Gasteiger partial charge in [-0.15, -0.1) is 0 Å². The summed E-state index contributed by atoms with van der Waals surface area (Å²) in [5, 5.41) is 21.4. The van der Waals surface area contributed by atoms with Crippen molar-refractivity contribution in [2.45, 2.75) is 77.8 Å². The molecule has 1 fully saturated rings. The Balaban J connectivity index is 0.000000587. The Labute approximate surface area is 300 Å². The third-order valence-electron chi connectivity index (χ3n) is 7.83. The normalized spacial score (nSPS) is 13.5. The van der Waals surface area contributed by atoms with Gasteiger partial charge < -0.3 is 41.8 Å². The number of alkyl halides is 6. The van der Waals surface area contributed by atoms with Gasteiger partial charge >= 0.3 is 24.3 Å². The highest BCUT2D eigenvalue weighted by Crippen LogP contribution is 2.38. The molecule has 1 heterocycles. The Morgan fingerprint density at radius 3 is 1.92 bits per heavy atom. The van der Waals surface area contributed by atoms with Crippen LogP contribution in [0.4, 0.5) is 37.7 Å². The second-order valence-corrected chi connectivity index (χ2v) is 11.4. The van der Waals surface area contributed by atoms with Crippen LogP contribution in [0.15, 0.2) is 36.5 Å². The Morgan fingerprint density at radius 1 is 0.925 bits per heavy atom. The first-order valence-electron chi connectivity index (χ1n) is 16.3. The van der Waals surface area contributed by atoms with Crippen molar-refractivity contribution in [2.75, 3.05) is 18.5 Å². The number of nitrogens with two attached hydrogens (primary N) is 2. The largest absolute Gasteiger partial charge is 0.490 e. The van der Waals surface area contributed by atoms with E-state index in [4.69, 9.17) is 40.7 Å². The first-order valence-corrected chi connectivity index (χ1v) is 16.3. The quantitative estimate of drug-likeness (QED) is 0.121. The minimum absolute atomic E-state index is 0.119. The molecule has 19 heteroatoms. The van der Waals surface area contributed by atoms with Gasteiger partial charge in [0.25, 0.3) is 5.91 Å². The lowest BCUT2D eigenvalue weighted by atomic mass is 9.97. The lowest BCUT2D eigenvalue weighted by Crippen LogP contribution is -2.44. The first-order chi connectivity index (χ1) is 24.8. The number of carboxylic acid groups (broad SMARTS) is 2. The highest BCUT2D eigenvalue weighted by molar-refractivity contribution is 6.08. The first kappa shape index (κ1) is 43.8. The molecule has 3 aromatic rings. The SMILES string of the molecule is CCOc1cc2ncc(C(N)=O)c(Nc3cccc(CNC(=O)[C@@H](N)C4CCCC4)c3CC)c2cc1OCC.O=C(O)C(F)(F)F.O=C(O)C(F)(F)F. The number of pyridine rings is 1. The van der Waals surface area contributed by atoms with Gasteiger partial charge in [0, 0.05) is 29.9 Å². The Kier molecular flexibility index (Phi) is 16.1. The summed E-state index contributed by atoms with van der Waals surface area (Å²) < 4.78 is 75.1. The average molecular weight is 762 g/mol. The molecule has 8 N–H and O–H groups in total. The van der Waals surface area contributed by atoms with Crippen molar-refractivity contribution in [3.63, 3.8) is 0 Å². The number of halogens is 6. The lowest BCUT2D eigenvalue weighted by Gasteiger charge is -2.21. The molecule has 0 bridgehead atoms. The number of benzene rings is 2. The molecule has 1 aromatic heterocycles. The van der Waals surface area contributed by atoms with Gasteiger partial charge in [0.2, 0.25) is 5.91 Å². The number of hydrogen-bond acceptors (Lipinski definition) is 9. The summed E-state index contributed by atoms with van der Waals surface area (Å²) in [5.74, 6) is -4.84. The highest BCUT2D eigenvalue weighted by Gasteiger charge is 2.39. The minimum Gasteiger partial charge on any atom is -0.490 e. The van der Waals surface area contributed by atoms with E-state index in [0.717, 1.165) is 42.5 Å². The molecule has 1 aliphatic carbocycles. The zero-order valence-electron chi connectivity index (χ0n) is 29.0. The Hall–Kier alpha value is -5.33. The molecule has 0 aliphatic heterocycles. The standard InChI is InChI=1S/C30H39N5O4.2C2HF3O2/c1-4-20-19(16-34-30(37)27(31)18-10-7-8-11-18)12-9-13-23(20)35-28-21-14-25(38-5-2)26(39-6-3)15-24(21)33-17-22(28)29(32)36;2*3-2(4,5)1(6)7/h9,12-15,17-18,27H,4-8,10-11,16,31H2,1-3H3,(H2,32,36)(H,33,35)(H,34,37);2*(H,6,7)/t27-;;/m0../s1. The fourth-order valence-corrected chi connectivity index (χ4v) is 5.36. The van der Waals surface area contributed by atoms with Crippen LogP contribution in [-0.4, -0.2) is 70.6 Å². The van der Waals surface area contributed by atoms with E-state index in [1.807, 2.05) is 38.1 Å². The van der Waals surface area contributed by atoms with E-state index in [2.05, 4.69) is 22.5 Å². The molecule has 2 amide bonds. The fourth-order valence-electron chi connectivity index (χ4n) is 5.36. The summed E-state index contributed by atoms with van der Waals surface area (Å²) in [6, 6.07) is 9.01. The number of aromatic nitrogens is 1. The molecule has 53 heavy (non-hydrogen) atoms. The Bertz CT molecular complexity index is 1720.